The fourth-order valence-corrected chi connectivity index (χ4v) is 4.18. The van der Waals surface area contributed by atoms with Crippen LogP contribution in [0.2, 0.25) is 0 Å². The average Bonchev–Trinajstić information content (AvgIpc) is 3.10. The summed E-state index contributed by atoms with van der Waals surface area (Å²) in [7, 11) is 1.56. The Hall–Kier alpha value is -4.19. The summed E-state index contributed by atoms with van der Waals surface area (Å²) in [6.07, 6.45) is 2.20. The lowest BCUT2D eigenvalue weighted by Gasteiger charge is -2.27. The largest absolute Gasteiger partial charge is 0.497 e. The fraction of sp³-hybridized carbons (Fsp3) is 0.207. The highest BCUT2D eigenvalue weighted by molar-refractivity contribution is 6.23. The summed E-state index contributed by atoms with van der Waals surface area (Å²) in [4.78, 5) is 41.4. The summed E-state index contributed by atoms with van der Waals surface area (Å²) < 4.78 is 10.9. The van der Waals surface area contributed by atoms with Crippen LogP contribution in [0.3, 0.4) is 0 Å². The molecule has 0 aliphatic carbocycles. The molecule has 0 N–H and O–H groups in total. The second kappa shape index (κ2) is 9.22. The first-order chi connectivity index (χ1) is 16.7. The number of ketones is 1. The lowest BCUT2D eigenvalue weighted by molar-refractivity contribution is -0.120. The molecule has 3 aromatic carbocycles. The number of hydrogen-bond acceptors (Lipinski definition) is 5. The molecule has 0 spiro atoms. The Morgan fingerprint density at radius 2 is 1.51 bits per heavy atom. The molecule has 3 aromatic rings. The van der Waals surface area contributed by atoms with E-state index in [1.54, 1.807) is 107 Å². The zero-order valence-electron chi connectivity index (χ0n) is 20.1. The zero-order chi connectivity index (χ0) is 25.2. The number of carbonyl (C=O) groups is 3. The highest BCUT2D eigenvalue weighted by atomic mass is 16.6. The molecule has 0 unspecified atom stereocenters. The van der Waals surface area contributed by atoms with Crippen LogP contribution in [0.4, 0.5) is 10.5 Å². The van der Waals surface area contributed by atoms with Gasteiger partial charge in [-0.25, -0.2) is 9.69 Å². The van der Waals surface area contributed by atoms with Crippen molar-refractivity contribution in [2.24, 2.45) is 0 Å². The van der Waals surface area contributed by atoms with Crippen LogP contribution >= 0.6 is 0 Å². The van der Waals surface area contributed by atoms with E-state index in [-0.39, 0.29) is 5.78 Å². The van der Waals surface area contributed by atoms with Crippen LogP contribution in [0.1, 0.15) is 42.3 Å². The predicted octanol–water partition coefficient (Wildman–Crippen LogP) is 5.70. The molecule has 0 radical (unpaired) electrons. The number of rotatable bonds is 5. The Labute approximate surface area is 204 Å². The molecule has 1 atom stereocenters. The summed E-state index contributed by atoms with van der Waals surface area (Å²) in [5.74, 6) is -0.148. The Balaban J connectivity index is 1.89. The lowest BCUT2D eigenvalue weighted by Crippen LogP contribution is -2.45. The minimum absolute atomic E-state index is 0.250. The summed E-state index contributed by atoms with van der Waals surface area (Å²) in [6.45, 7) is 5.23. The van der Waals surface area contributed by atoms with Gasteiger partial charge in [0.1, 0.15) is 16.8 Å². The first-order valence-corrected chi connectivity index (χ1v) is 11.3. The van der Waals surface area contributed by atoms with Crippen LogP contribution in [0.15, 0.2) is 91.0 Å². The quantitative estimate of drug-likeness (QED) is 0.354. The molecular formula is C29H27NO5. The van der Waals surface area contributed by atoms with Gasteiger partial charge >= 0.3 is 6.09 Å². The highest BCUT2D eigenvalue weighted by Crippen LogP contribution is 2.48. The number of benzene rings is 3. The van der Waals surface area contributed by atoms with E-state index in [9.17, 15) is 14.4 Å². The van der Waals surface area contributed by atoms with Crippen LogP contribution < -0.4 is 9.64 Å². The molecule has 178 valence electrons. The van der Waals surface area contributed by atoms with Crippen molar-refractivity contribution in [2.75, 3.05) is 12.0 Å². The van der Waals surface area contributed by atoms with Crippen LogP contribution in [0, 0.1) is 0 Å². The number of nitrogens with zero attached hydrogens (tertiary/aromatic N) is 1. The minimum Gasteiger partial charge on any atom is -0.497 e. The third kappa shape index (κ3) is 4.47. The Bertz CT molecular complexity index is 1290. The normalized spacial score (nSPS) is 17.4. The van der Waals surface area contributed by atoms with Crippen molar-refractivity contribution in [3.8, 4) is 5.75 Å². The first kappa shape index (κ1) is 24.0. The molecular weight excluding hydrogens is 442 g/mol. The smallest absolute Gasteiger partial charge is 0.421 e. The van der Waals surface area contributed by atoms with Crippen molar-refractivity contribution >= 4 is 23.5 Å². The number of methoxy groups -OCH3 is 1. The van der Waals surface area contributed by atoms with Crippen molar-refractivity contribution in [2.45, 2.75) is 31.8 Å². The van der Waals surface area contributed by atoms with Gasteiger partial charge in [-0.05, 0) is 50.6 Å². The molecule has 0 bridgehead atoms. The molecule has 35 heavy (non-hydrogen) atoms. The Kier molecular flexibility index (Phi) is 6.31. The van der Waals surface area contributed by atoms with Gasteiger partial charge in [-0.1, -0.05) is 66.7 Å². The molecule has 0 saturated heterocycles. The van der Waals surface area contributed by atoms with Gasteiger partial charge in [0.05, 0.1) is 12.8 Å². The Morgan fingerprint density at radius 3 is 2.14 bits per heavy atom. The molecule has 1 aliphatic heterocycles. The number of fused-ring (bicyclic) bond motifs is 1. The lowest BCUT2D eigenvalue weighted by atomic mass is 9.74. The van der Waals surface area contributed by atoms with E-state index in [0.29, 0.717) is 28.1 Å². The van der Waals surface area contributed by atoms with Crippen LogP contribution in [-0.4, -0.2) is 30.5 Å². The summed E-state index contributed by atoms with van der Waals surface area (Å²) in [6, 6.07) is 22.9. The van der Waals surface area contributed by atoms with Crippen LogP contribution in [0.5, 0.6) is 5.75 Å². The number of hydrogen-bond donors (Lipinski definition) is 0. The SMILES string of the molecule is COc1ccc([C@]2(/C=C\C(=O)c3ccccc3)C(=O)N(C(=O)OC(C)(C)C)c3ccccc32)cc1. The van der Waals surface area contributed by atoms with Gasteiger partial charge in [0.15, 0.2) is 5.78 Å². The third-order valence-electron chi connectivity index (χ3n) is 5.77. The van der Waals surface area contributed by atoms with Gasteiger partial charge in [-0.15, -0.1) is 0 Å². The number of anilines is 1. The number of para-hydroxylation sites is 1. The predicted molar refractivity (Wildman–Crippen MR) is 134 cm³/mol. The molecule has 2 amide bonds. The maximum absolute atomic E-state index is 14.1. The maximum Gasteiger partial charge on any atom is 0.421 e. The van der Waals surface area contributed by atoms with E-state index in [1.807, 2.05) is 6.07 Å². The topological polar surface area (TPSA) is 72.9 Å². The molecule has 6 nitrogen and oxygen atoms in total. The molecule has 6 heteroatoms. The monoisotopic (exact) mass is 469 g/mol. The van der Waals surface area contributed by atoms with Crippen molar-refractivity contribution in [3.05, 3.63) is 108 Å². The molecule has 0 aromatic heterocycles. The van der Waals surface area contributed by atoms with E-state index in [4.69, 9.17) is 9.47 Å². The van der Waals surface area contributed by atoms with Gasteiger partial charge in [-0.2, -0.15) is 0 Å². The summed E-state index contributed by atoms with van der Waals surface area (Å²) in [5, 5.41) is 0. The van der Waals surface area contributed by atoms with E-state index >= 15 is 0 Å². The van der Waals surface area contributed by atoms with Crippen molar-refractivity contribution < 1.29 is 23.9 Å². The third-order valence-corrected chi connectivity index (χ3v) is 5.77. The molecule has 1 heterocycles. The van der Waals surface area contributed by atoms with E-state index in [2.05, 4.69) is 0 Å². The fourth-order valence-electron chi connectivity index (χ4n) is 4.18. The van der Waals surface area contributed by atoms with Gasteiger partial charge in [0.2, 0.25) is 0 Å². The van der Waals surface area contributed by atoms with Crippen molar-refractivity contribution in [3.63, 3.8) is 0 Å². The van der Waals surface area contributed by atoms with Crippen molar-refractivity contribution in [1.29, 1.82) is 0 Å². The van der Waals surface area contributed by atoms with Gasteiger partial charge in [0, 0.05) is 11.1 Å². The molecule has 4 rings (SSSR count). The second-order valence-corrected chi connectivity index (χ2v) is 9.24. The zero-order valence-corrected chi connectivity index (χ0v) is 20.1. The van der Waals surface area contributed by atoms with Crippen molar-refractivity contribution in [1.82, 2.24) is 0 Å². The van der Waals surface area contributed by atoms with E-state index in [1.165, 1.54) is 6.08 Å². The summed E-state index contributed by atoms with van der Waals surface area (Å²) in [5.41, 5.74) is -0.117. The van der Waals surface area contributed by atoms with Gasteiger partial charge in [0.25, 0.3) is 5.91 Å². The van der Waals surface area contributed by atoms with Crippen LogP contribution in [0.25, 0.3) is 0 Å². The van der Waals surface area contributed by atoms with Gasteiger partial charge in [-0.3, -0.25) is 9.59 Å². The Morgan fingerprint density at radius 1 is 0.886 bits per heavy atom. The second-order valence-electron chi connectivity index (χ2n) is 9.24. The number of carbonyl (C=O) groups excluding carboxylic acids is 3. The van der Waals surface area contributed by atoms with E-state index < -0.39 is 23.0 Å². The number of allylic oxidation sites excluding steroid dienone is 1. The van der Waals surface area contributed by atoms with Gasteiger partial charge < -0.3 is 9.47 Å². The minimum atomic E-state index is -1.41. The number of amides is 2. The standard InChI is InChI=1S/C29H27NO5/c1-28(2,3)35-27(33)30-24-13-9-8-12-23(24)29(26(30)32,21-14-16-22(34-4)17-15-21)19-18-25(31)20-10-6-5-7-11-20/h5-19H,1-4H3/b19-18-/t29-/m0/s1. The number of imide groups is 1. The highest BCUT2D eigenvalue weighted by Gasteiger charge is 2.53. The molecule has 0 saturated carbocycles. The molecule has 0 fully saturated rings. The first-order valence-electron chi connectivity index (χ1n) is 11.3. The summed E-state index contributed by atoms with van der Waals surface area (Å²) >= 11 is 0. The van der Waals surface area contributed by atoms with Crippen LogP contribution in [-0.2, 0) is 14.9 Å². The average molecular weight is 470 g/mol. The molecule has 1 aliphatic rings. The van der Waals surface area contributed by atoms with E-state index in [0.717, 1.165) is 4.90 Å². The number of ether oxygens (including phenoxy) is 2. The maximum atomic E-state index is 14.1.